The van der Waals surface area contributed by atoms with Crippen LogP contribution in [0.3, 0.4) is 0 Å². The lowest BCUT2D eigenvalue weighted by molar-refractivity contribution is -0.0441. The van der Waals surface area contributed by atoms with E-state index in [2.05, 4.69) is 55.0 Å². The second-order valence-electron chi connectivity index (χ2n) is 4.63. The van der Waals surface area contributed by atoms with E-state index < -0.39 is 0 Å². The third-order valence-electron chi connectivity index (χ3n) is 3.25. The van der Waals surface area contributed by atoms with Crippen LogP contribution in [0.25, 0.3) is 0 Å². The van der Waals surface area contributed by atoms with Crippen LogP contribution in [0.2, 0.25) is 0 Å². The summed E-state index contributed by atoms with van der Waals surface area (Å²) >= 11 is 0. The lowest BCUT2D eigenvalue weighted by Gasteiger charge is -2.09. The van der Waals surface area contributed by atoms with Crippen molar-refractivity contribution in [1.29, 1.82) is 0 Å². The first kappa shape index (κ1) is 12.4. The van der Waals surface area contributed by atoms with Gasteiger partial charge >= 0.3 is 0 Å². The van der Waals surface area contributed by atoms with E-state index in [1.807, 2.05) is 6.07 Å². The van der Waals surface area contributed by atoms with Crippen LogP contribution in [-0.4, -0.2) is 13.2 Å². The highest BCUT2D eigenvalue weighted by molar-refractivity contribution is 5.30. The molecule has 0 aromatic heterocycles. The lowest BCUT2D eigenvalue weighted by Crippen LogP contribution is -1.98. The Morgan fingerprint density at radius 2 is 1.58 bits per heavy atom. The quantitative estimate of drug-likeness (QED) is 0.830. The molecular weight excluding hydrogens is 236 g/mol. The number of ether oxygens (including phenoxy) is 2. The standard InChI is InChI=1S/C17H17O2/c1-2-4-14(5-3-1)6-7-15-8-10-16(11-9-15)17-18-12-13-19-17/h1-5,7-11,17H,6,12-13H2. The van der Waals surface area contributed by atoms with Crippen LogP contribution in [0.5, 0.6) is 0 Å². The van der Waals surface area contributed by atoms with Crippen molar-refractivity contribution in [3.8, 4) is 0 Å². The van der Waals surface area contributed by atoms with E-state index in [-0.39, 0.29) is 6.29 Å². The predicted molar refractivity (Wildman–Crippen MR) is 74.6 cm³/mol. The molecule has 1 radical (unpaired) electrons. The topological polar surface area (TPSA) is 18.5 Å². The summed E-state index contributed by atoms with van der Waals surface area (Å²) in [5, 5.41) is 0. The smallest absolute Gasteiger partial charge is 0.184 e. The van der Waals surface area contributed by atoms with Gasteiger partial charge in [0, 0.05) is 5.56 Å². The monoisotopic (exact) mass is 253 g/mol. The molecule has 0 spiro atoms. The summed E-state index contributed by atoms with van der Waals surface area (Å²) < 4.78 is 11.0. The molecule has 19 heavy (non-hydrogen) atoms. The van der Waals surface area contributed by atoms with Gasteiger partial charge in [0.05, 0.1) is 13.2 Å². The van der Waals surface area contributed by atoms with Crippen molar-refractivity contribution in [3.63, 3.8) is 0 Å². The average Bonchev–Trinajstić information content (AvgIpc) is 3.01. The molecule has 1 fully saturated rings. The minimum Gasteiger partial charge on any atom is -0.346 e. The van der Waals surface area contributed by atoms with Gasteiger partial charge in [-0.05, 0) is 24.0 Å². The zero-order valence-corrected chi connectivity index (χ0v) is 10.8. The third-order valence-corrected chi connectivity index (χ3v) is 3.25. The molecule has 0 atom stereocenters. The van der Waals surface area contributed by atoms with Crippen molar-refractivity contribution < 1.29 is 9.47 Å². The summed E-state index contributed by atoms with van der Waals surface area (Å²) in [6.07, 6.45) is 3.01. The Labute approximate surface area is 114 Å². The zero-order chi connectivity index (χ0) is 12.9. The Morgan fingerprint density at radius 1 is 0.895 bits per heavy atom. The number of hydrogen-bond donors (Lipinski definition) is 0. The van der Waals surface area contributed by atoms with Gasteiger partial charge in [0.2, 0.25) is 0 Å². The second kappa shape index (κ2) is 6.00. The summed E-state index contributed by atoms with van der Waals surface area (Å²) in [5.41, 5.74) is 3.65. The van der Waals surface area contributed by atoms with Crippen molar-refractivity contribution in [2.45, 2.75) is 12.7 Å². The SMILES string of the molecule is [CH](Cc1ccccc1)c1ccc(C2OCCO2)cc1. The van der Waals surface area contributed by atoms with E-state index in [1.165, 1.54) is 11.1 Å². The third kappa shape index (κ3) is 3.22. The summed E-state index contributed by atoms with van der Waals surface area (Å²) in [6, 6.07) is 18.9. The Bertz CT molecular complexity index is 499. The van der Waals surface area contributed by atoms with E-state index in [1.54, 1.807) is 0 Å². The fourth-order valence-electron chi connectivity index (χ4n) is 2.19. The van der Waals surface area contributed by atoms with Gasteiger partial charge in [0.1, 0.15) is 0 Å². The van der Waals surface area contributed by atoms with Crippen LogP contribution >= 0.6 is 0 Å². The van der Waals surface area contributed by atoms with E-state index in [0.717, 1.165) is 12.0 Å². The highest BCUT2D eigenvalue weighted by atomic mass is 16.7. The molecule has 0 aliphatic carbocycles. The van der Waals surface area contributed by atoms with E-state index in [4.69, 9.17) is 9.47 Å². The van der Waals surface area contributed by atoms with E-state index in [0.29, 0.717) is 13.2 Å². The van der Waals surface area contributed by atoms with Crippen molar-refractivity contribution in [2.75, 3.05) is 13.2 Å². The van der Waals surface area contributed by atoms with Gasteiger partial charge in [0.15, 0.2) is 6.29 Å². The molecule has 97 valence electrons. The molecule has 0 saturated carbocycles. The van der Waals surface area contributed by atoms with Crippen LogP contribution in [0.1, 0.15) is 23.0 Å². The molecule has 2 aromatic carbocycles. The van der Waals surface area contributed by atoms with Crippen LogP contribution in [0.4, 0.5) is 0 Å². The van der Waals surface area contributed by atoms with Crippen molar-refractivity contribution in [2.24, 2.45) is 0 Å². The molecule has 1 saturated heterocycles. The molecular formula is C17H17O2. The fraction of sp³-hybridized carbons (Fsp3) is 0.235. The maximum Gasteiger partial charge on any atom is 0.184 e. The number of benzene rings is 2. The first-order chi connectivity index (χ1) is 9.42. The molecule has 0 bridgehead atoms. The highest BCUT2D eigenvalue weighted by Crippen LogP contribution is 2.23. The van der Waals surface area contributed by atoms with Gasteiger partial charge in [0.25, 0.3) is 0 Å². The van der Waals surface area contributed by atoms with Gasteiger partial charge < -0.3 is 9.47 Å². The highest BCUT2D eigenvalue weighted by Gasteiger charge is 2.17. The number of rotatable bonds is 4. The fourth-order valence-corrected chi connectivity index (χ4v) is 2.19. The van der Waals surface area contributed by atoms with Gasteiger partial charge in [-0.1, -0.05) is 54.6 Å². The Morgan fingerprint density at radius 3 is 2.26 bits per heavy atom. The zero-order valence-electron chi connectivity index (χ0n) is 10.8. The molecule has 2 heteroatoms. The van der Waals surface area contributed by atoms with E-state index in [9.17, 15) is 0 Å². The molecule has 1 aliphatic heterocycles. The molecule has 0 N–H and O–H groups in total. The normalized spacial score (nSPS) is 15.8. The molecule has 1 heterocycles. The summed E-state index contributed by atoms with van der Waals surface area (Å²) in [5.74, 6) is 0. The van der Waals surface area contributed by atoms with Gasteiger partial charge in [-0.2, -0.15) is 0 Å². The van der Waals surface area contributed by atoms with E-state index >= 15 is 0 Å². The molecule has 3 rings (SSSR count). The minimum absolute atomic E-state index is 0.178. The summed E-state index contributed by atoms with van der Waals surface area (Å²) in [7, 11) is 0. The average molecular weight is 253 g/mol. The second-order valence-corrected chi connectivity index (χ2v) is 4.63. The first-order valence-corrected chi connectivity index (χ1v) is 6.62. The molecule has 1 aliphatic rings. The predicted octanol–water partition coefficient (Wildman–Crippen LogP) is 3.53. The van der Waals surface area contributed by atoms with Gasteiger partial charge in [-0.15, -0.1) is 0 Å². The van der Waals surface area contributed by atoms with Crippen LogP contribution in [0.15, 0.2) is 54.6 Å². The molecule has 0 unspecified atom stereocenters. The first-order valence-electron chi connectivity index (χ1n) is 6.62. The van der Waals surface area contributed by atoms with Crippen molar-refractivity contribution in [1.82, 2.24) is 0 Å². The summed E-state index contributed by atoms with van der Waals surface area (Å²) in [4.78, 5) is 0. The Kier molecular flexibility index (Phi) is 3.92. The molecule has 0 amide bonds. The maximum absolute atomic E-state index is 5.48. The largest absolute Gasteiger partial charge is 0.346 e. The molecule has 2 nitrogen and oxygen atoms in total. The van der Waals surface area contributed by atoms with Gasteiger partial charge in [-0.3, -0.25) is 0 Å². The van der Waals surface area contributed by atoms with Gasteiger partial charge in [-0.25, -0.2) is 0 Å². The lowest BCUT2D eigenvalue weighted by atomic mass is 10.0. The minimum atomic E-state index is -0.178. The summed E-state index contributed by atoms with van der Waals surface area (Å²) in [6.45, 7) is 1.37. The van der Waals surface area contributed by atoms with Crippen LogP contribution in [0, 0.1) is 6.42 Å². The van der Waals surface area contributed by atoms with Crippen molar-refractivity contribution >= 4 is 0 Å². The maximum atomic E-state index is 5.48. The Balaban J connectivity index is 1.60. The van der Waals surface area contributed by atoms with Crippen LogP contribution < -0.4 is 0 Å². The van der Waals surface area contributed by atoms with Crippen LogP contribution in [-0.2, 0) is 15.9 Å². The Hall–Kier alpha value is -1.64. The van der Waals surface area contributed by atoms with Crippen molar-refractivity contribution in [3.05, 3.63) is 77.7 Å². The molecule has 2 aromatic rings. The number of hydrogen-bond acceptors (Lipinski definition) is 2.